The number of aryl methyl sites for hydroxylation is 2. The number of phenols is 1. The molecule has 4 aromatic heterocycles. The Bertz CT molecular complexity index is 2380. The number of pyridine rings is 2. The van der Waals surface area contributed by atoms with Crippen molar-refractivity contribution in [2.45, 2.75) is 13.8 Å². The van der Waals surface area contributed by atoms with Gasteiger partial charge < -0.3 is 9.52 Å². The highest BCUT2D eigenvalue weighted by molar-refractivity contribution is 6.07. The van der Waals surface area contributed by atoms with E-state index in [1.54, 1.807) is 18.3 Å². The molecule has 0 atom stereocenters. The molecule has 8 rings (SSSR count). The molecule has 7 heteroatoms. The van der Waals surface area contributed by atoms with Crippen LogP contribution in [0.15, 0.2) is 138 Å². The molecule has 1 N–H and O–H groups in total. The summed E-state index contributed by atoms with van der Waals surface area (Å²) in [6.45, 7) is 4.10. The van der Waals surface area contributed by atoms with Crippen LogP contribution in [0.25, 0.3) is 55.8 Å². The van der Waals surface area contributed by atoms with Crippen molar-refractivity contribution in [1.82, 2.24) is 19.9 Å². The Morgan fingerprint density at radius 2 is 1.43 bits per heavy atom. The van der Waals surface area contributed by atoms with Crippen molar-refractivity contribution in [3.63, 3.8) is 0 Å². The van der Waals surface area contributed by atoms with Crippen LogP contribution in [-0.4, -0.2) is 25.0 Å². The average Bonchev–Trinajstić information content (AvgIpc) is 3.49. The van der Waals surface area contributed by atoms with Gasteiger partial charge >= 0.3 is 0 Å². The monoisotopic (exact) mass is 611 g/mol. The highest BCUT2D eigenvalue weighted by Gasteiger charge is 2.23. The molecule has 7 nitrogen and oxygen atoms in total. The van der Waals surface area contributed by atoms with Crippen LogP contribution in [0, 0.1) is 13.8 Å². The largest absolute Gasteiger partial charge is 0.507 e. The number of phenolic OH excluding ortho intramolecular Hbond substituents is 1. The lowest BCUT2D eigenvalue weighted by Crippen LogP contribution is -2.15. The molecule has 0 aliphatic rings. The Balaban J connectivity index is 1.44. The van der Waals surface area contributed by atoms with Crippen LogP contribution >= 0.6 is 0 Å². The third-order valence-electron chi connectivity index (χ3n) is 8.33. The molecular weight excluding hydrogens is 582 g/mol. The van der Waals surface area contributed by atoms with Crippen molar-refractivity contribution in [3.05, 3.63) is 145 Å². The van der Waals surface area contributed by atoms with E-state index in [0.29, 0.717) is 33.8 Å². The molecule has 0 amide bonds. The van der Waals surface area contributed by atoms with E-state index in [-0.39, 0.29) is 5.75 Å². The van der Waals surface area contributed by atoms with Gasteiger partial charge in [-0.05, 0) is 91.2 Å². The molecule has 0 saturated heterocycles. The number of benzene rings is 4. The maximum absolute atomic E-state index is 11.0. The number of hydrogen-bond donors (Lipinski definition) is 1. The summed E-state index contributed by atoms with van der Waals surface area (Å²) in [5.74, 6) is 1.37. The van der Waals surface area contributed by atoms with Gasteiger partial charge in [0, 0.05) is 34.6 Å². The summed E-state index contributed by atoms with van der Waals surface area (Å²) in [6.07, 6.45) is 3.63. The summed E-state index contributed by atoms with van der Waals surface area (Å²) >= 11 is 0. The van der Waals surface area contributed by atoms with Gasteiger partial charge in [0.05, 0.1) is 11.4 Å². The second-order valence-electron chi connectivity index (χ2n) is 11.4. The Labute approximate surface area is 271 Å². The van der Waals surface area contributed by atoms with Gasteiger partial charge in [-0.15, -0.1) is 0 Å². The first-order valence-corrected chi connectivity index (χ1v) is 15.4. The summed E-state index contributed by atoms with van der Waals surface area (Å²) in [6, 6.07) is 39.5. The second kappa shape index (κ2) is 11.5. The molecular formula is C40H29N5O2. The number of aromatic hydroxyl groups is 1. The number of aromatic nitrogens is 4. The van der Waals surface area contributed by atoms with Gasteiger partial charge in [-0.25, -0.2) is 15.0 Å². The zero-order valence-corrected chi connectivity index (χ0v) is 25.8. The van der Waals surface area contributed by atoms with Gasteiger partial charge in [0.2, 0.25) is 0 Å². The lowest BCUT2D eigenvalue weighted by molar-refractivity contribution is 0.477. The molecule has 0 aliphatic heterocycles. The fraction of sp³-hybridized carbons (Fsp3) is 0.0500. The fourth-order valence-corrected chi connectivity index (χ4v) is 6.13. The van der Waals surface area contributed by atoms with E-state index in [4.69, 9.17) is 19.4 Å². The number of anilines is 3. The minimum Gasteiger partial charge on any atom is -0.507 e. The molecule has 47 heavy (non-hydrogen) atoms. The molecule has 226 valence electrons. The minimum absolute atomic E-state index is 0.112. The second-order valence-corrected chi connectivity index (χ2v) is 11.4. The van der Waals surface area contributed by atoms with E-state index >= 15 is 0 Å². The molecule has 0 aliphatic carbocycles. The molecule has 4 aromatic carbocycles. The summed E-state index contributed by atoms with van der Waals surface area (Å²) < 4.78 is 6.32. The van der Waals surface area contributed by atoms with Gasteiger partial charge in [0.15, 0.2) is 11.4 Å². The van der Waals surface area contributed by atoms with Crippen LogP contribution in [0.3, 0.4) is 0 Å². The zero-order chi connectivity index (χ0) is 31.9. The van der Waals surface area contributed by atoms with Crippen LogP contribution in [0.2, 0.25) is 0 Å². The Kier molecular flexibility index (Phi) is 6.91. The predicted octanol–water partition coefficient (Wildman–Crippen LogP) is 9.96. The van der Waals surface area contributed by atoms with Crippen LogP contribution < -0.4 is 4.90 Å². The highest BCUT2D eigenvalue weighted by Crippen LogP contribution is 2.42. The van der Waals surface area contributed by atoms with Gasteiger partial charge in [0.1, 0.15) is 28.4 Å². The summed E-state index contributed by atoms with van der Waals surface area (Å²) in [5.41, 5.74) is 9.60. The summed E-state index contributed by atoms with van der Waals surface area (Å²) in [5, 5.41) is 11.8. The fourth-order valence-electron chi connectivity index (χ4n) is 6.13. The minimum atomic E-state index is 0.112. The van der Waals surface area contributed by atoms with Crippen molar-refractivity contribution < 1.29 is 9.52 Å². The number of rotatable bonds is 6. The van der Waals surface area contributed by atoms with Crippen molar-refractivity contribution in [2.24, 2.45) is 0 Å². The van der Waals surface area contributed by atoms with E-state index in [2.05, 4.69) is 47.1 Å². The van der Waals surface area contributed by atoms with Crippen molar-refractivity contribution >= 4 is 39.3 Å². The Morgan fingerprint density at radius 1 is 0.660 bits per heavy atom. The normalized spacial score (nSPS) is 11.3. The SMILES string of the molecule is Cc1ccnc(C)c1N(c1cc(-c2ccccc2)cc(-c2nc(-c3ccccc3O)c3oc4ccccc4c3n2)c1)c1ccccn1. The molecule has 0 radical (unpaired) electrons. The van der Waals surface area contributed by atoms with E-state index < -0.39 is 0 Å². The van der Waals surface area contributed by atoms with E-state index in [1.165, 1.54) is 0 Å². The van der Waals surface area contributed by atoms with Crippen molar-refractivity contribution in [1.29, 1.82) is 0 Å². The number of nitrogens with zero attached hydrogens (tertiary/aromatic N) is 5. The van der Waals surface area contributed by atoms with Crippen molar-refractivity contribution in [2.75, 3.05) is 4.90 Å². The van der Waals surface area contributed by atoms with Gasteiger partial charge in [-0.2, -0.15) is 0 Å². The van der Waals surface area contributed by atoms with Crippen molar-refractivity contribution in [3.8, 4) is 39.5 Å². The van der Waals surface area contributed by atoms with E-state index in [0.717, 1.165) is 50.5 Å². The number of para-hydroxylation sites is 2. The molecule has 0 unspecified atom stereocenters. The topological polar surface area (TPSA) is 88.2 Å². The highest BCUT2D eigenvalue weighted by atomic mass is 16.3. The zero-order valence-electron chi connectivity index (χ0n) is 25.8. The lowest BCUT2D eigenvalue weighted by Gasteiger charge is -2.28. The van der Waals surface area contributed by atoms with Gasteiger partial charge in [0.25, 0.3) is 0 Å². The first kappa shape index (κ1) is 28.2. The number of fused-ring (bicyclic) bond motifs is 3. The molecule has 0 saturated carbocycles. The smallest absolute Gasteiger partial charge is 0.180 e. The molecule has 0 fully saturated rings. The average molecular weight is 612 g/mol. The predicted molar refractivity (Wildman–Crippen MR) is 187 cm³/mol. The third-order valence-corrected chi connectivity index (χ3v) is 8.33. The standard InChI is InChI=1S/C40H29N5O2/c1-25-19-21-41-26(2)38(25)45(35-18-10-11-20-42-35)30-23-28(27-12-4-3-5-13-27)22-29(24-30)40-43-36(31-14-6-8-16-33(31)46)39-37(44-40)32-15-7-9-17-34(32)47-39/h3-24,46H,1-2H3. The number of hydrogen-bond acceptors (Lipinski definition) is 7. The third kappa shape index (κ3) is 5.04. The molecule has 4 heterocycles. The Morgan fingerprint density at radius 3 is 2.23 bits per heavy atom. The molecule has 0 spiro atoms. The quantitative estimate of drug-likeness (QED) is 0.200. The van der Waals surface area contributed by atoms with Crippen LogP contribution in [0.5, 0.6) is 5.75 Å². The maximum Gasteiger partial charge on any atom is 0.180 e. The van der Waals surface area contributed by atoms with E-state index in [9.17, 15) is 5.11 Å². The Hall–Kier alpha value is -6.34. The van der Waals surface area contributed by atoms with Crippen LogP contribution in [-0.2, 0) is 0 Å². The molecule has 0 bridgehead atoms. The first-order valence-electron chi connectivity index (χ1n) is 15.4. The van der Waals surface area contributed by atoms with Gasteiger partial charge in [-0.1, -0.05) is 60.7 Å². The van der Waals surface area contributed by atoms with Gasteiger partial charge in [-0.3, -0.25) is 9.88 Å². The van der Waals surface area contributed by atoms with E-state index in [1.807, 2.05) is 92.0 Å². The molecule has 8 aromatic rings. The summed E-state index contributed by atoms with van der Waals surface area (Å²) in [7, 11) is 0. The lowest BCUT2D eigenvalue weighted by atomic mass is 10.00. The summed E-state index contributed by atoms with van der Waals surface area (Å²) in [4.78, 5) is 21.8. The van der Waals surface area contributed by atoms with Crippen LogP contribution in [0.4, 0.5) is 17.2 Å². The van der Waals surface area contributed by atoms with Crippen LogP contribution in [0.1, 0.15) is 11.3 Å². The number of furan rings is 1. The first-order chi connectivity index (χ1) is 23.0. The maximum atomic E-state index is 11.0.